The van der Waals surface area contributed by atoms with Crippen molar-refractivity contribution >= 4 is 54.7 Å². The summed E-state index contributed by atoms with van der Waals surface area (Å²) in [5.74, 6) is -0.306. The molecule has 0 unspecified atom stereocenters. The lowest BCUT2D eigenvalue weighted by molar-refractivity contribution is 0.0447. The second kappa shape index (κ2) is 11.4. The predicted molar refractivity (Wildman–Crippen MR) is 171 cm³/mol. The summed E-state index contributed by atoms with van der Waals surface area (Å²) in [6.07, 6.45) is 2.55. The van der Waals surface area contributed by atoms with Gasteiger partial charge in [0.25, 0.3) is 0 Å². The van der Waals surface area contributed by atoms with Crippen molar-refractivity contribution in [3.63, 3.8) is 0 Å². The minimum absolute atomic E-state index is 0.0134. The molecule has 0 amide bonds. The number of likely N-dealkylation sites (tertiary alicyclic amines) is 1. The normalized spacial score (nSPS) is 23.9. The fourth-order valence-electron chi connectivity index (χ4n) is 6.54. The van der Waals surface area contributed by atoms with Crippen molar-refractivity contribution in [2.75, 3.05) is 50.5 Å². The molecule has 3 N–H and O–H groups in total. The molecule has 0 saturated carbocycles. The summed E-state index contributed by atoms with van der Waals surface area (Å²) in [6, 6.07) is 9.01. The molecule has 4 aromatic rings. The van der Waals surface area contributed by atoms with E-state index in [1.165, 1.54) is 11.3 Å². The van der Waals surface area contributed by atoms with Crippen LogP contribution in [0.25, 0.3) is 32.1 Å². The van der Waals surface area contributed by atoms with Gasteiger partial charge in [-0.3, -0.25) is 0 Å². The molecule has 0 spiro atoms. The van der Waals surface area contributed by atoms with Gasteiger partial charge in [-0.25, -0.2) is 8.78 Å². The Labute approximate surface area is 263 Å². The second-order valence-corrected chi connectivity index (χ2v) is 13.9. The number of aliphatic hydroxyl groups is 1. The molecule has 44 heavy (non-hydrogen) atoms. The number of halogens is 3. The quantitative estimate of drug-likeness (QED) is 0.249. The number of nitrogens with zero attached hydrogens (tertiary/aromatic N) is 5. The van der Waals surface area contributed by atoms with E-state index in [4.69, 9.17) is 27.1 Å². The number of piperidine rings is 2. The highest BCUT2D eigenvalue weighted by atomic mass is 35.5. The van der Waals surface area contributed by atoms with E-state index < -0.39 is 16.8 Å². The molecule has 0 aliphatic carbocycles. The molecule has 230 valence electrons. The van der Waals surface area contributed by atoms with Gasteiger partial charge in [0.05, 0.1) is 22.5 Å². The van der Waals surface area contributed by atoms with Crippen molar-refractivity contribution in [2.24, 2.45) is 5.41 Å². The number of nitrogens with two attached hydrogens (primary N) is 1. The number of fused-ring (bicyclic) bond motifs is 2. The monoisotopic (exact) mass is 638 g/mol. The van der Waals surface area contributed by atoms with Crippen molar-refractivity contribution in [1.29, 1.82) is 5.26 Å². The number of nitriles is 1. The third-order valence-electron chi connectivity index (χ3n) is 8.75. The van der Waals surface area contributed by atoms with Crippen molar-refractivity contribution in [1.82, 2.24) is 14.9 Å². The molecule has 2 fully saturated rings. The van der Waals surface area contributed by atoms with Crippen LogP contribution in [0.2, 0.25) is 5.02 Å². The molecular weight excluding hydrogens is 606 g/mol. The van der Waals surface area contributed by atoms with Gasteiger partial charge in [0.2, 0.25) is 0 Å². The first-order chi connectivity index (χ1) is 20.9. The fourth-order valence-corrected chi connectivity index (χ4v) is 7.78. The van der Waals surface area contributed by atoms with Gasteiger partial charge in [-0.2, -0.15) is 15.2 Å². The summed E-state index contributed by atoms with van der Waals surface area (Å²) >= 11 is 8.08. The Hall–Kier alpha value is -3.56. The Bertz CT molecular complexity index is 1850. The van der Waals surface area contributed by atoms with Gasteiger partial charge in [-0.15, -0.1) is 11.3 Å². The maximum absolute atomic E-state index is 16.8. The van der Waals surface area contributed by atoms with E-state index in [1.54, 1.807) is 25.1 Å². The predicted octanol–water partition coefficient (Wildman–Crippen LogP) is 6.68. The first kappa shape index (κ1) is 30.5. The van der Waals surface area contributed by atoms with Gasteiger partial charge in [0.15, 0.2) is 5.82 Å². The van der Waals surface area contributed by atoms with Crippen LogP contribution in [0.1, 0.15) is 38.7 Å². The Morgan fingerprint density at radius 1 is 1.27 bits per heavy atom. The second-order valence-electron chi connectivity index (χ2n) is 12.4. The molecule has 4 heterocycles. The molecule has 0 radical (unpaired) electrons. The van der Waals surface area contributed by atoms with Crippen LogP contribution >= 0.6 is 22.9 Å². The zero-order valence-electron chi connectivity index (χ0n) is 24.8. The number of thiophene rings is 1. The Morgan fingerprint density at radius 3 is 2.80 bits per heavy atom. The minimum Gasteiger partial charge on any atom is -0.462 e. The highest BCUT2D eigenvalue weighted by molar-refractivity contribution is 7.23. The van der Waals surface area contributed by atoms with E-state index in [1.807, 2.05) is 24.9 Å². The van der Waals surface area contributed by atoms with Crippen molar-refractivity contribution < 1.29 is 18.6 Å². The summed E-state index contributed by atoms with van der Waals surface area (Å²) in [5, 5.41) is 22.1. The van der Waals surface area contributed by atoms with E-state index >= 15 is 4.39 Å². The van der Waals surface area contributed by atoms with Gasteiger partial charge in [0.1, 0.15) is 29.0 Å². The topological polar surface area (TPSA) is 112 Å². The minimum atomic E-state index is -0.970. The first-order valence-electron chi connectivity index (χ1n) is 14.4. The van der Waals surface area contributed by atoms with Crippen molar-refractivity contribution in [2.45, 2.75) is 38.7 Å². The highest BCUT2D eigenvalue weighted by Crippen LogP contribution is 2.45. The number of nitrogen functional groups attached to an aromatic ring is 1. The smallest absolute Gasteiger partial charge is 0.319 e. The number of aromatic nitrogens is 2. The average molecular weight is 639 g/mol. The van der Waals surface area contributed by atoms with Crippen LogP contribution in [0.4, 0.5) is 19.6 Å². The van der Waals surface area contributed by atoms with E-state index in [9.17, 15) is 14.8 Å². The molecule has 2 aliphatic heterocycles. The number of anilines is 2. The molecule has 8 nitrogen and oxygen atoms in total. The largest absolute Gasteiger partial charge is 0.462 e. The van der Waals surface area contributed by atoms with Gasteiger partial charge >= 0.3 is 6.01 Å². The number of β-amino-alcohol motifs (C(OH)–C–C–N with tert-alkyl or cyclic N) is 1. The first-order valence-corrected chi connectivity index (χ1v) is 15.6. The van der Waals surface area contributed by atoms with Gasteiger partial charge in [-0.1, -0.05) is 30.7 Å². The SMILES string of the molecule is CN1CC/C(=C\F)[C@](C)(COc2nc(N3CCC[C@@](C)(O)C3)c3cc(Cl)c(-c4cccc5sc(N)c(C#N)c45)c(F)c3n2)C1. The summed E-state index contributed by atoms with van der Waals surface area (Å²) in [6.45, 7) is 5.93. The third-order valence-corrected chi connectivity index (χ3v) is 10.0. The lowest BCUT2D eigenvalue weighted by Gasteiger charge is -2.40. The Morgan fingerprint density at radius 2 is 2.07 bits per heavy atom. The Balaban J connectivity index is 1.53. The number of benzene rings is 2. The van der Waals surface area contributed by atoms with Gasteiger partial charge in [-0.05, 0) is 56.5 Å². The van der Waals surface area contributed by atoms with Crippen LogP contribution in [0.3, 0.4) is 0 Å². The number of ether oxygens (including phenoxy) is 1. The van der Waals surface area contributed by atoms with Crippen LogP contribution in [-0.4, -0.2) is 65.4 Å². The van der Waals surface area contributed by atoms with E-state index in [-0.39, 0.29) is 40.8 Å². The molecular formula is C32H33ClF2N6O2S. The summed E-state index contributed by atoms with van der Waals surface area (Å²) in [4.78, 5) is 13.3. The average Bonchev–Trinajstić information content (AvgIpc) is 3.31. The molecule has 12 heteroatoms. The molecule has 2 aromatic carbocycles. The van der Waals surface area contributed by atoms with E-state index in [2.05, 4.69) is 16.0 Å². The lowest BCUT2D eigenvalue weighted by atomic mass is 9.78. The van der Waals surface area contributed by atoms with Crippen molar-refractivity contribution in [3.05, 3.63) is 52.6 Å². The van der Waals surface area contributed by atoms with Gasteiger partial charge in [0, 0.05) is 52.6 Å². The Kier molecular flexibility index (Phi) is 7.91. The maximum atomic E-state index is 16.8. The zero-order valence-corrected chi connectivity index (χ0v) is 26.3. The van der Waals surface area contributed by atoms with Crippen LogP contribution in [-0.2, 0) is 0 Å². The summed E-state index contributed by atoms with van der Waals surface area (Å²) in [5.41, 5.74) is 5.93. The molecule has 2 aromatic heterocycles. The third kappa shape index (κ3) is 5.34. The standard InChI is InChI=1S/C32H33ClF2N6O2S/c1-31(15-40(3)11-8-18(31)13-34)17-43-30-38-27-20(29(39-30)41-10-5-9-32(2,42)16-41)12-22(33)25(26(27)35)19-6-4-7-23-24(19)21(14-36)28(37)44-23/h4,6-7,12-13,42H,5,8-11,15-17,37H2,1-3H3/b18-13+/t31-,32+/m0/s1. The molecule has 2 saturated heterocycles. The van der Waals surface area contributed by atoms with Crippen LogP contribution in [0.5, 0.6) is 6.01 Å². The van der Waals surface area contributed by atoms with Crippen LogP contribution in [0.15, 0.2) is 36.2 Å². The van der Waals surface area contributed by atoms with Gasteiger partial charge < -0.3 is 25.4 Å². The highest BCUT2D eigenvalue weighted by Gasteiger charge is 2.36. The van der Waals surface area contributed by atoms with Crippen molar-refractivity contribution in [3.8, 4) is 23.2 Å². The van der Waals surface area contributed by atoms with E-state index in [0.29, 0.717) is 71.4 Å². The molecule has 2 aliphatic rings. The van der Waals surface area contributed by atoms with Crippen LogP contribution < -0.4 is 15.4 Å². The molecule has 0 bridgehead atoms. The van der Waals surface area contributed by atoms with E-state index in [0.717, 1.165) is 11.2 Å². The number of hydrogen-bond acceptors (Lipinski definition) is 9. The number of rotatable bonds is 5. The number of hydrogen-bond donors (Lipinski definition) is 2. The maximum Gasteiger partial charge on any atom is 0.319 e. The summed E-state index contributed by atoms with van der Waals surface area (Å²) < 4.78 is 37.6. The molecule has 2 atom stereocenters. The lowest BCUT2D eigenvalue weighted by Crippen LogP contribution is -2.46. The van der Waals surface area contributed by atoms with Crippen LogP contribution in [0, 0.1) is 22.6 Å². The molecule has 6 rings (SSSR count). The fraction of sp³-hybridized carbons (Fsp3) is 0.406. The summed E-state index contributed by atoms with van der Waals surface area (Å²) in [7, 11) is 1.97. The zero-order chi connectivity index (χ0) is 31.4.